The number of aromatic nitrogens is 3. The fourth-order valence-corrected chi connectivity index (χ4v) is 5.37. The minimum atomic E-state index is -1.16. The number of halogens is 3. The molecule has 2 aromatic heterocycles. The third-order valence-corrected chi connectivity index (χ3v) is 8.41. The second kappa shape index (κ2) is 11.7. The molecule has 1 aliphatic rings. The Kier molecular flexibility index (Phi) is 8.64. The zero-order chi connectivity index (χ0) is 25.7. The summed E-state index contributed by atoms with van der Waals surface area (Å²) in [5, 5.41) is 4.42. The average molecular weight is 518 g/mol. The molecule has 1 saturated carbocycles. The lowest BCUT2D eigenvalue weighted by Crippen LogP contribution is -2.22. The summed E-state index contributed by atoms with van der Waals surface area (Å²) in [5.74, 6) is -3.11. The Morgan fingerprint density at radius 3 is 2.47 bits per heavy atom. The fraction of sp³-hybridized carbons (Fsp3) is 0.481. The zero-order valence-electron chi connectivity index (χ0n) is 21.1. The maximum atomic E-state index is 14.2. The second-order valence-electron chi connectivity index (χ2n) is 10.6. The van der Waals surface area contributed by atoms with Crippen LogP contribution < -0.4 is 0 Å². The van der Waals surface area contributed by atoms with Crippen LogP contribution in [-0.4, -0.2) is 35.5 Å². The van der Waals surface area contributed by atoms with Crippen molar-refractivity contribution in [1.82, 2.24) is 14.8 Å². The Balaban J connectivity index is 1.35. The van der Waals surface area contributed by atoms with Crippen LogP contribution in [0.3, 0.4) is 0 Å². The summed E-state index contributed by atoms with van der Waals surface area (Å²) >= 11 is 0. The lowest BCUT2D eigenvalue weighted by atomic mass is 9.82. The molecule has 0 atom stereocenters. The summed E-state index contributed by atoms with van der Waals surface area (Å²) in [5.41, 5.74) is 2.50. The molecule has 0 unspecified atom stereocenters. The largest absolute Gasteiger partial charge is 0.372 e. The van der Waals surface area contributed by atoms with E-state index in [2.05, 4.69) is 29.7 Å². The first-order valence-corrected chi connectivity index (χ1v) is 16.2. The average Bonchev–Trinajstić information content (AvgIpc) is 3.32. The van der Waals surface area contributed by atoms with Crippen LogP contribution in [-0.2, 0) is 22.8 Å². The molecular formula is C27H34F3N3O2Si. The first kappa shape index (κ1) is 26.6. The molecule has 194 valence electrons. The molecule has 0 N–H and O–H groups in total. The Morgan fingerprint density at radius 2 is 1.72 bits per heavy atom. The quantitative estimate of drug-likeness (QED) is 0.166. The monoisotopic (exact) mass is 517 g/mol. The van der Waals surface area contributed by atoms with Gasteiger partial charge in [-0.3, -0.25) is 4.98 Å². The zero-order valence-corrected chi connectivity index (χ0v) is 22.1. The van der Waals surface area contributed by atoms with Gasteiger partial charge in [0.2, 0.25) is 0 Å². The van der Waals surface area contributed by atoms with Crippen molar-refractivity contribution in [3.8, 4) is 11.3 Å². The van der Waals surface area contributed by atoms with E-state index in [9.17, 15) is 13.2 Å². The van der Waals surface area contributed by atoms with Crippen LogP contribution in [0.5, 0.6) is 0 Å². The van der Waals surface area contributed by atoms with Gasteiger partial charge >= 0.3 is 0 Å². The van der Waals surface area contributed by atoms with Gasteiger partial charge in [-0.25, -0.2) is 17.9 Å². The van der Waals surface area contributed by atoms with E-state index in [1.165, 1.54) is 0 Å². The maximum Gasteiger partial charge on any atom is 0.165 e. The predicted octanol–water partition coefficient (Wildman–Crippen LogP) is 6.92. The van der Waals surface area contributed by atoms with Gasteiger partial charge in [0.05, 0.1) is 24.1 Å². The number of hydrogen-bond donors (Lipinski definition) is 0. The molecule has 1 aromatic carbocycles. The molecule has 0 aliphatic heterocycles. The van der Waals surface area contributed by atoms with Crippen molar-refractivity contribution in [2.75, 3.05) is 6.61 Å². The van der Waals surface area contributed by atoms with E-state index in [4.69, 9.17) is 9.47 Å². The summed E-state index contributed by atoms with van der Waals surface area (Å²) in [4.78, 5) is 4.54. The van der Waals surface area contributed by atoms with Gasteiger partial charge in [0, 0.05) is 38.2 Å². The standard InChI is InChI=1S/C27H34F3N3O2Si/c1-36(2,3)16-15-34-18-33-25(12-14-32-33)21-5-4-13-31-24(21)17-35-20-8-6-19(7-9-20)26-22(28)10-11-23(29)27(26)30/h4-5,10-14,19-20H,6-9,15-18H2,1-3H3/t19-,20+. The number of pyridine rings is 1. The second-order valence-corrected chi connectivity index (χ2v) is 16.2. The Labute approximate surface area is 211 Å². The molecule has 3 aromatic rings. The van der Waals surface area contributed by atoms with E-state index in [1.807, 2.05) is 22.9 Å². The summed E-state index contributed by atoms with van der Waals surface area (Å²) in [6.07, 6.45) is 5.80. The number of rotatable bonds is 10. The van der Waals surface area contributed by atoms with Gasteiger partial charge in [-0.1, -0.05) is 19.6 Å². The molecule has 0 saturated heterocycles. The van der Waals surface area contributed by atoms with Crippen LogP contribution in [0.15, 0.2) is 42.7 Å². The Bertz CT molecular complexity index is 1160. The Hall–Kier alpha value is -2.49. The van der Waals surface area contributed by atoms with Gasteiger partial charge in [-0.2, -0.15) is 5.10 Å². The van der Waals surface area contributed by atoms with Gasteiger partial charge in [0.15, 0.2) is 11.6 Å². The van der Waals surface area contributed by atoms with Gasteiger partial charge in [0.25, 0.3) is 0 Å². The molecular weight excluding hydrogens is 483 g/mol. The summed E-state index contributed by atoms with van der Waals surface area (Å²) in [6, 6.07) is 8.75. The van der Waals surface area contributed by atoms with Crippen LogP contribution in [0.1, 0.15) is 42.9 Å². The first-order valence-electron chi connectivity index (χ1n) is 12.5. The van der Waals surface area contributed by atoms with E-state index in [1.54, 1.807) is 12.4 Å². The van der Waals surface area contributed by atoms with Crippen LogP contribution in [0.25, 0.3) is 11.3 Å². The molecule has 5 nitrogen and oxygen atoms in total. The minimum absolute atomic E-state index is 0.0504. The molecule has 0 spiro atoms. The number of hydrogen-bond acceptors (Lipinski definition) is 4. The van der Waals surface area contributed by atoms with Crippen LogP contribution in [0, 0.1) is 17.5 Å². The molecule has 4 rings (SSSR count). The highest BCUT2D eigenvalue weighted by molar-refractivity contribution is 6.76. The van der Waals surface area contributed by atoms with Crippen molar-refractivity contribution in [1.29, 1.82) is 0 Å². The van der Waals surface area contributed by atoms with Crippen molar-refractivity contribution >= 4 is 8.07 Å². The highest BCUT2D eigenvalue weighted by Gasteiger charge is 2.28. The number of benzene rings is 1. The molecule has 1 aliphatic carbocycles. The summed E-state index contributed by atoms with van der Waals surface area (Å²) < 4.78 is 55.9. The molecule has 2 heterocycles. The fourth-order valence-electron chi connectivity index (χ4n) is 4.61. The van der Waals surface area contributed by atoms with E-state index in [0.717, 1.165) is 35.1 Å². The molecule has 0 radical (unpaired) electrons. The van der Waals surface area contributed by atoms with Crippen LogP contribution in [0.4, 0.5) is 13.2 Å². The molecule has 0 amide bonds. The van der Waals surface area contributed by atoms with Gasteiger partial charge < -0.3 is 9.47 Å². The number of ether oxygens (including phenoxy) is 2. The van der Waals surface area contributed by atoms with Crippen molar-refractivity contribution in [2.45, 2.75) is 76.7 Å². The third-order valence-electron chi connectivity index (χ3n) is 6.71. The topological polar surface area (TPSA) is 49.2 Å². The van der Waals surface area contributed by atoms with Crippen molar-refractivity contribution in [2.24, 2.45) is 0 Å². The van der Waals surface area contributed by atoms with Gasteiger partial charge in [-0.05, 0) is 68.0 Å². The summed E-state index contributed by atoms with van der Waals surface area (Å²) in [6.45, 7) is 8.37. The van der Waals surface area contributed by atoms with E-state index < -0.39 is 25.5 Å². The number of nitrogens with zero attached hydrogens (tertiary/aromatic N) is 3. The van der Waals surface area contributed by atoms with Crippen molar-refractivity contribution in [3.05, 3.63) is 71.4 Å². The highest BCUT2D eigenvalue weighted by atomic mass is 28.3. The Morgan fingerprint density at radius 1 is 0.972 bits per heavy atom. The van der Waals surface area contributed by atoms with Crippen LogP contribution >= 0.6 is 0 Å². The van der Waals surface area contributed by atoms with Crippen LogP contribution in [0.2, 0.25) is 25.7 Å². The minimum Gasteiger partial charge on any atom is -0.372 e. The maximum absolute atomic E-state index is 14.2. The highest BCUT2D eigenvalue weighted by Crippen LogP contribution is 2.37. The smallest absolute Gasteiger partial charge is 0.165 e. The molecule has 1 fully saturated rings. The first-order chi connectivity index (χ1) is 17.2. The lowest BCUT2D eigenvalue weighted by Gasteiger charge is -2.29. The normalized spacial score (nSPS) is 18.5. The van der Waals surface area contributed by atoms with E-state index >= 15 is 0 Å². The summed E-state index contributed by atoms with van der Waals surface area (Å²) in [7, 11) is -1.16. The van der Waals surface area contributed by atoms with Crippen molar-refractivity contribution < 1.29 is 22.6 Å². The van der Waals surface area contributed by atoms with Gasteiger partial charge in [-0.15, -0.1) is 0 Å². The molecule has 0 bridgehead atoms. The van der Waals surface area contributed by atoms with E-state index in [-0.39, 0.29) is 17.6 Å². The predicted molar refractivity (Wildman–Crippen MR) is 136 cm³/mol. The van der Waals surface area contributed by atoms with Crippen molar-refractivity contribution in [3.63, 3.8) is 0 Å². The van der Waals surface area contributed by atoms with E-state index in [0.29, 0.717) is 45.6 Å². The third kappa shape index (κ3) is 6.63. The SMILES string of the molecule is C[Si](C)(C)CCOCn1nccc1-c1cccnc1CO[C@H]1CC[C@@H](c2c(F)ccc(F)c2F)CC1. The molecule has 36 heavy (non-hydrogen) atoms. The molecule has 9 heteroatoms. The lowest BCUT2D eigenvalue weighted by molar-refractivity contribution is 0.0115. The van der Waals surface area contributed by atoms with Gasteiger partial charge in [0.1, 0.15) is 12.5 Å².